The summed E-state index contributed by atoms with van der Waals surface area (Å²) >= 11 is 1.25. The van der Waals surface area contributed by atoms with E-state index >= 15 is 0 Å². The van der Waals surface area contributed by atoms with Gasteiger partial charge in [0.1, 0.15) is 24.8 Å². The van der Waals surface area contributed by atoms with Crippen molar-refractivity contribution in [3.05, 3.63) is 94.5 Å². The minimum absolute atomic E-state index is 0.400. The third kappa shape index (κ3) is 5.62. The van der Waals surface area contributed by atoms with Crippen molar-refractivity contribution in [2.45, 2.75) is 43.7 Å². The van der Waals surface area contributed by atoms with Crippen molar-refractivity contribution < 1.29 is 23.8 Å². The lowest BCUT2D eigenvalue weighted by molar-refractivity contribution is -0.140. The SMILES string of the molecule is O=C(O)C(Oc1cccc2c1CCC2)SCc1ccc(OCc2ccc(CF)cc2)cc1. The number of carboxylic acid groups (broad SMARTS) is 1. The number of aryl methyl sites for hydroxylation is 1. The molecular weight excluding hydrogens is 427 g/mol. The Morgan fingerprint density at radius 2 is 1.69 bits per heavy atom. The largest absolute Gasteiger partial charge is 0.489 e. The molecule has 1 aliphatic carbocycles. The Labute approximate surface area is 191 Å². The third-order valence-corrected chi connectivity index (χ3v) is 6.55. The minimum atomic E-state index is -0.982. The molecule has 0 radical (unpaired) electrons. The number of alkyl halides is 1. The molecule has 3 aromatic carbocycles. The molecule has 166 valence electrons. The van der Waals surface area contributed by atoms with Gasteiger partial charge in [-0.25, -0.2) is 9.18 Å². The summed E-state index contributed by atoms with van der Waals surface area (Å²) < 4.78 is 24.3. The molecule has 3 aromatic rings. The summed E-state index contributed by atoms with van der Waals surface area (Å²) in [4.78, 5) is 11.8. The van der Waals surface area contributed by atoms with E-state index in [1.54, 1.807) is 12.1 Å². The fourth-order valence-electron chi connectivity index (χ4n) is 3.71. The van der Waals surface area contributed by atoms with Crippen molar-refractivity contribution in [2.24, 2.45) is 0 Å². The molecule has 0 bridgehead atoms. The highest BCUT2D eigenvalue weighted by Gasteiger charge is 2.23. The Kier molecular flexibility index (Phi) is 7.32. The average Bonchev–Trinajstić information content (AvgIpc) is 3.31. The van der Waals surface area contributed by atoms with Crippen LogP contribution >= 0.6 is 11.8 Å². The zero-order valence-corrected chi connectivity index (χ0v) is 18.4. The summed E-state index contributed by atoms with van der Waals surface area (Å²) in [6, 6.07) is 20.7. The first-order valence-corrected chi connectivity index (χ1v) is 11.6. The molecule has 0 saturated carbocycles. The molecule has 0 aliphatic heterocycles. The van der Waals surface area contributed by atoms with E-state index in [-0.39, 0.29) is 0 Å². The first-order chi connectivity index (χ1) is 15.6. The third-order valence-electron chi connectivity index (χ3n) is 5.45. The lowest BCUT2D eigenvalue weighted by Crippen LogP contribution is -2.24. The molecule has 4 nitrogen and oxygen atoms in total. The van der Waals surface area contributed by atoms with Gasteiger partial charge in [-0.05, 0) is 65.3 Å². The second-order valence-corrected chi connectivity index (χ2v) is 8.78. The number of fused-ring (bicyclic) bond motifs is 1. The zero-order valence-electron chi connectivity index (χ0n) is 17.6. The van der Waals surface area contributed by atoms with E-state index in [2.05, 4.69) is 6.07 Å². The zero-order chi connectivity index (χ0) is 22.3. The van der Waals surface area contributed by atoms with Gasteiger partial charge in [0.25, 0.3) is 0 Å². The molecule has 0 amide bonds. The van der Waals surface area contributed by atoms with Gasteiger partial charge in [0.05, 0.1) is 0 Å². The summed E-state index contributed by atoms with van der Waals surface area (Å²) in [6.07, 6.45) is 3.04. The first kappa shape index (κ1) is 22.2. The average molecular weight is 453 g/mol. The Balaban J connectivity index is 1.31. The summed E-state index contributed by atoms with van der Waals surface area (Å²) in [7, 11) is 0. The van der Waals surface area contributed by atoms with Crippen molar-refractivity contribution in [2.75, 3.05) is 0 Å². The van der Waals surface area contributed by atoms with Crippen molar-refractivity contribution in [1.82, 2.24) is 0 Å². The molecule has 1 aliphatic rings. The number of halogens is 1. The number of carboxylic acids is 1. The minimum Gasteiger partial charge on any atom is -0.489 e. The van der Waals surface area contributed by atoms with Gasteiger partial charge in [-0.15, -0.1) is 11.8 Å². The number of hydrogen-bond acceptors (Lipinski definition) is 4. The van der Waals surface area contributed by atoms with Gasteiger partial charge in [0.2, 0.25) is 5.44 Å². The fraction of sp³-hybridized carbons (Fsp3) is 0.269. The highest BCUT2D eigenvalue weighted by molar-refractivity contribution is 7.99. The smallest absolute Gasteiger partial charge is 0.355 e. The second-order valence-electron chi connectivity index (χ2n) is 7.73. The maximum absolute atomic E-state index is 12.6. The quantitative estimate of drug-likeness (QED) is 0.386. The number of rotatable bonds is 10. The van der Waals surface area contributed by atoms with Crippen LogP contribution in [0.2, 0.25) is 0 Å². The Bertz CT molecular complexity index is 1050. The van der Waals surface area contributed by atoms with E-state index in [9.17, 15) is 14.3 Å². The van der Waals surface area contributed by atoms with Crippen molar-refractivity contribution in [1.29, 1.82) is 0 Å². The lowest BCUT2D eigenvalue weighted by Gasteiger charge is -2.17. The van der Waals surface area contributed by atoms with Gasteiger partial charge in [-0.3, -0.25) is 0 Å². The maximum atomic E-state index is 12.6. The van der Waals surface area contributed by atoms with E-state index in [0.29, 0.717) is 23.7 Å². The highest BCUT2D eigenvalue weighted by atomic mass is 32.2. The molecule has 0 saturated heterocycles. The van der Waals surface area contributed by atoms with E-state index in [1.165, 1.54) is 17.3 Å². The number of thioether (sulfide) groups is 1. The van der Waals surface area contributed by atoms with Crippen LogP contribution in [0, 0.1) is 0 Å². The van der Waals surface area contributed by atoms with Crippen LogP contribution in [0.1, 0.15) is 34.2 Å². The van der Waals surface area contributed by atoms with Crippen molar-refractivity contribution >= 4 is 17.7 Å². The van der Waals surface area contributed by atoms with Crippen LogP contribution in [0.15, 0.2) is 66.7 Å². The summed E-state index contributed by atoms with van der Waals surface area (Å²) in [6.45, 7) is -0.0705. The summed E-state index contributed by atoms with van der Waals surface area (Å²) in [5.41, 5.74) is 4.03. The predicted molar refractivity (Wildman–Crippen MR) is 124 cm³/mol. The molecule has 32 heavy (non-hydrogen) atoms. The van der Waals surface area contributed by atoms with Crippen LogP contribution in [0.5, 0.6) is 11.5 Å². The number of carbonyl (C=O) groups is 1. The molecule has 4 rings (SSSR count). The number of benzene rings is 3. The monoisotopic (exact) mass is 452 g/mol. The first-order valence-electron chi connectivity index (χ1n) is 10.6. The molecule has 1 N–H and O–H groups in total. The topological polar surface area (TPSA) is 55.8 Å². The molecule has 0 heterocycles. The van der Waals surface area contributed by atoms with Crippen LogP contribution in [0.25, 0.3) is 0 Å². The number of aliphatic carboxylic acids is 1. The Morgan fingerprint density at radius 3 is 2.41 bits per heavy atom. The van der Waals surface area contributed by atoms with E-state index in [0.717, 1.165) is 41.7 Å². The highest BCUT2D eigenvalue weighted by Crippen LogP contribution is 2.33. The van der Waals surface area contributed by atoms with Gasteiger partial charge >= 0.3 is 5.97 Å². The van der Waals surface area contributed by atoms with Crippen LogP contribution in [0.4, 0.5) is 4.39 Å². The van der Waals surface area contributed by atoms with Crippen LogP contribution < -0.4 is 9.47 Å². The van der Waals surface area contributed by atoms with Crippen LogP contribution in [-0.2, 0) is 36.7 Å². The van der Waals surface area contributed by atoms with Gasteiger partial charge in [0.15, 0.2) is 0 Å². The van der Waals surface area contributed by atoms with Crippen molar-refractivity contribution in [3.63, 3.8) is 0 Å². The summed E-state index contributed by atoms with van der Waals surface area (Å²) in [5, 5.41) is 9.63. The van der Waals surface area contributed by atoms with E-state index < -0.39 is 18.1 Å². The number of hydrogen-bond donors (Lipinski definition) is 1. The predicted octanol–water partition coefficient (Wildman–Crippen LogP) is 5.95. The molecule has 1 atom stereocenters. The maximum Gasteiger partial charge on any atom is 0.355 e. The standard InChI is InChI=1S/C26H25FO4S/c27-15-18-7-9-19(10-8-18)16-30-22-13-11-20(12-14-22)17-32-26(25(28)29)31-24-6-2-4-21-3-1-5-23(21)24/h2,4,6-14,26H,1,3,5,15-17H2,(H,28,29). The van der Waals surface area contributed by atoms with Crippen molar-refractivity contribution in [3.8, 4) is 11.5 Å². The number of ether oxygens (including phenoxy) is 2. The molecule has 1 unspecified atom stereocenters. The Morgan fingerprint density at radius 1 is 0.969 bits per heavy atom. The van der Waals surface area contributed by atoms with Gasteiger partial charge in [0, 0.05) is 5.75 Å². The molecule has 0 fully saturated rings. The van der Waals surface area contributed by atoms with Gasteiger partial charge < -0.3 is 14.6 Å². The molecule has 0 spiro atoms. The summed E-state index contributed by atoms with van der Waals surface area (Å²) in [5.74, 6) is 0.934. The molecule has 0 aromatic heterocycles. The van der Waals surface area contributed by atoms with E-state index in [4.69, 9.17) is 9.47 Å². The normalized spacial score (nSPS) is 13.4. The van der Waals surface area contributed by atoms with Crippen LogP contribution in [-0.4, -0.2) is 16.5 Å². The fourth-order valence-corrected chi connectivity index (χ4v) is 4.56. The van der Waals surface area contributed by atoms with E-state index in [1.807, 2.05) is 48.5 Å². The molecular formula is C26H25FO4S. The lowest BCUT2D eigenvalue weighted by atomic mass is 10.1. The van der Waals surface area contributed by atoms with Gasteiger partial charge in [-0.2, -0.15) is 0 Å². The molecule has 6 heteroatoms. The second kappa shape index (κ2) is 10.6. The van der Waals surface area contributed by atoms with Crippen LogP contribution in [0.3, 0.4) is 0 Å². The van der Waals surface area contributed by atoms with Gasteiger partial charge in [-0.1, -0.05) is 48.5 Å². The Hall–Kier alpha value is -2.99.